The standard InChI is InChI=1S/C16H20N2O/c1-12-4-9-15(17)16(10-12)18(2)11-13-5-7-14(19-3)8-6-13/h4-10H,11,17H2,1-3H3. The third-order valence-corrected chi connectivity index (χ3v) is 3.18. The molecular formula is C16H20N2O. The second kappa shape index (κ2) is 5.65. The highest BCUT2D eigenvalue weighted by Crippen LogP contribution is 2.25. The van der Waals surface area contributed by atoms with Gasteiger partial charge in [-0.1, -0.05) is 18.2 Å². The molecule has 0 aromatic heterocycles. The lowest BCUT2D eigenvalue weighted by Crippen LogP contribution is -2.17. The Morgan fingerprint density at radius 3 is 2.42 bits per heavy atom. The fourth-order valence-electron chi connectivity index (χ4n) is 2.07. The smallest absolute Gasteiger partial charge is 0.118 e. The largest absolute Gasteiger partial charge is 0.497 e. The minimum absolute atomic E-state index is 0.807. The zero-order valence-corrected chi connectivity index (χ0v) is 11.7. The SMILES string of the molecule is COc1ccc(CN(C)c2cc(C)ccc2N)cc1. The van der Waals surface area contributed by atoms with Gasteiger partial charge in [-0.15, -0.1) is 0 Å². The van der Waals surface area contributed by atoms with Crippen molar-refractivity contribution >= 4 is 11.4 Å². The molecule has 0 radical (unpaired) electrons. The Kier molecular flexibility index (Phi) is 3.95. The summed E-state index contributed by atoms with van der Waals surface area (Å²) in [6.45, 7) is 2.89. The van der Waals surface area contributed by atoms with Gasteiger partial charge in [0.25, 0.3) is 0 Å². The zero-order chi connectivity index (χ0) is 13.8. The van der Waals surface area contributed by atoms with E-state index in [4.69, 9.17) is 10.5 Å². The van der Waals surface area contributed by atoms with Gasteiger partial charge in [-0.2, -0.15) is 0 Å². The van der Waals surface area contributed by atoms with E-state index in [9.17, 15) is 0 Å². The summed E-state index contributed by atoms with van der Waals surface area (Å²) in [7, 11) is 3.73. The molecule has 0 aliphatic heterocycles. The molecule has 2 rings (SSSR count). The third-order valence-electron chi connectivity index (χ3n) is 3.18. The van der Waals surface area contributed by atoms with Crippen LogP contribution in [0.5, 0.6) is 5.75 Å². The highest BCUT2D eigenvalue weighted by molar-refractivity contribution is 5.68. The highest BCUT2D eigenvalue weighted by atomic mass is 16.5. The van der Waals surface area contributed by atoms with Crippen LogP contribution in [0.2, 0.25) is 0 Å². The van der Waals surface area contributed by atoms with E-state index in [2.05, 4.69) is 37.1 Å². The van der Waals surface area contributed by atoms with Crippen LogP contribution in [-0.4, -0.2) is 14.2 Å². The van der Waals surface area contributed by atoms with E-state index < -0.39 is 0 Å². The van der Waals surface area contributed by atoms with Crippen LogP contribution in [0.4, 0.5) is 11.4 Å². The fraction of sp³-hybridized carbons (Fsp3) is 0.250. The summed E-state index contributed by atoms with van der Waals surface area (Å²) in [6, 6.07) is 14.2. The molecule has 0 amide bonds. The molecule has 2 aromatic carbocycles. The fourth-order valence-corrected chi connectivity index (χ4v) is 2.07. The molecule has 3 nitrogen and oxygen atoms in total. The van der Waals surface area contributed by atoms with Crippen molar-refractivity contribution in [2.75, 3.05) is 24.8 Å². The molecule has 100 valence electrons. The maximum Gasteiger partial charge on any atom is 0.118 e. The van der Waals surface area contributed by atoms with Crippen LogP contribution < -0.4 is 15.4 Å². The molecule has 0 aliphatic carbocycles. The molecule has 2 aromatic rings. The predicted octanol–water partition coefficient (Wildman–Crippen LogP) is 3.22. The van der Waals surface area contributed by atoms with Gasteiger partial charge < -0.3 is 15.4 Å². The Hall–Kier alpha value is -2.16. The number of hydrogen-bond donors (Lipinski definition) is 1. The minimum atomic E-state index is 0.807. The van der Waals surface area contributed by atoms with Gasteiger partial charge >= 0.3 is 0 Å². The van der Waals surface area contributed by atoms with Crippen LogP contribution in [-0.2, 0) is 6.54 Å². The van der Waals surface area contributed by atoms with Gasteiger partial charge in [-0.3, -0.25) is 0 Å². The van der Waals surface area contributed by atoms with E-state index in [1.807, 2.05) is 24.3 Å². The van der Waals surface area contributed by atoms with Gasteiger partial charge in [0.1, 0.15) is 5.75 Å². The normalized spacial score (nSPS) is 10.3. The molecule has 0 saturated carbocycles. The summed E-state index contributed by atoms with van der Waals surface area (Å²) >= 11 is 0. The van der Waals surface area contributed by atoms with E-state index in [0.29, 0.717) is 0 Å². The highest BCUT2D eigenvalue weighted by Gasteiger charge is 2.06. The first-order valence-corrected chi connectivity index (χ1v) is 6.30. The van der Waals surface area contributed by atoms with Gasteiger partial charge in [0, 0.05) is 13.6 Å². The molecule has 0 atom stereocenters. The predicted molar refractivity (Wildman–Crippen MR) is 80.7 cm³/mol. The summed E-state index contributed by atoms with van der Waals surface area (Å²) in [6.07, 6.45) is 0. The maximum atomic E-state index is 6.03. The Morgan fingerprint density at radius 2 is 1.79 bits per heavy atom. The Morgan fingerprint density at radius 1 is 1.11 bits per heavy atom. The summed E-state index contributed by atoms with van der Waals surface area (Å²) in [5, 5.41) is 0. The van der Waals surface area contributed by atoms with Crippen molar-refractivity contribution in [1.82, 2.24) is 0 Å². The van der Waals surface area contributed by atoms with Crippen molar-refractivity contribution in [2.24, 2.45) is 0 Å². The molecule has 0 aliphatic rings. The molecule has 0 fully saturated rings. The number of nitrogen functional groups attached to an aromatic ring is 1. The lowest BCUT2D eigenvalue weighted by Gasteiger charge is -2.21. The van der Waals surface area contributed by atoms with Crippen LogP contribution in [0.3, 0.4) is 0 Å². The topological polar surface area (TPSA) is 38.5 Å². The molecule has 2 N–H and O–H groups in total. The summed E-state index contributed by atoms with van der Waals surface area (Å²) in [4.78, 5) is 2.16. The molecule has 0 bridgehead atoms. The molecule has 0 saturated heterocycles. The molecule has 0 spiro atoms. The summed E-state index contributed by atoms with van der Waals surface area (Å²) in [5.74, 6) is 0.876. The number of aryl methyl sites for hydroxylation is 1. The van der Waals surface area contributed by atoms with Gasteiger partial charge in [0.05, 0.1) is 18.5 Å². The number of methoxy groups -OCH3 is 1. The molecule has 0 heterocycles. The van der Waals surface area contributed by atoms with Crippen molar-refractivity contribution in [2.45, 2.75) is 13.5 Å². The second-order valence-electron chi connectivity index (χ2n) is 4.77. The number of benzene rings is 2. The third kappa shape index (κ3) is 3.19. The quantitative estimate of drug-likeness (QED) is 0.854. The zero-order valence-electron chi connectivity index (χ0n) is 11.7. The first-order valence-electron chi connectivity index (χ1n) is 6.30. The Bertz CT molecular complexity index is 549. The lowest BCUT2D eigenvalue weighted by molar-refractivity contribution is 0.414. The number of anilines is 2. The second-order valence-corrected chi connectivity index (χ2v) is 4.77. The van der Waals surface area contributed by atoms with Crippen LogP contribution in [0, 0.1) is 6.92 Å². The number of rotatable bonds is 4. The van der Waals surface area contributed by atoms with Gasteiger partial charge in [-0.25, -0.2) is 0 Å². The van der Waals surface area contributed by atoms with Crippen molar-refractivity contribution in [1.29, 1.82) is 0 Å². The van der Waals surface area contributed by atoms with Crippen molar-refractivity contribution < 1.29 is 4.74 Å². The van der Waals surface area contributed by atoms with Gasteiger partial charge in [-0.05, 0) is 42.3 Å². The summed E-state index contributed by atoms with van der Waals surface area (Å²) < 4.78 is 5.16. The van der Waals surface area contributed by atoms with Crippen LogP contribution >= 0.6 is 0 Å². The van der Waals surface area contributed by atoms with Crippen molar-refractivity contribution in [3.63, 3.8) is 0 Å². The van der Waals surface area contributed by atoms with Crippen LogP contribution in [0.25, 0.3) is 0 Å². The maximum absolute atomic E-state index is 6.03. The molecule has 19 heavy (non-hydrogen) atoms. The lowest BCUT2D eigenvalue weighted by atomic mass is 10.1. The van der Waals surface area contributed by atoms with E-state index in [1.54, 1.807) is 7.11 Å². The van der Waals surface area contributed by atoms with E-state index in [1.165, 1.54) is 11.1 Å². The minimum Gasteiger partial charge on any atom is -0.497 e. The van der Waals surface area contributed by atoms with Crippen molar-refractivity contribution in [3.05, 3.63) is 53.6 Å². The monoisotopic (exact) mass is 256 g/mol. The number of nitrogens with zero attached hydrogens (tertiary/aromatic N) is 1. The molecule has 3 heteroatoms. The average Bonchev–Trinajstić information content (AvgIpc) is 2.42. The first-order chi connectivity index (χ1) is 9.10. The number of ether oxygens (including phenoxy) is 1. The Balaban J connectivity index is 2.15. The number of hydrogen-bond acceptors (Lipinski definition) is 3. The number of nitrogens with two attached hydrogens (primary N) is 1. The average molecular weight is 256 g/mol. The first kappa shape index (κ1) is 13.3. The van der Waals surface area contributed by atoms with Crippen molar-refractivity contribution in [3.8, 4) is 5.75 Å². The van der Waals surface area contributed by atoms with Gasteiger partial charge in [0.15, 0.2) is 0 Å². The molecule has 0 unspecified atom stereocenters. The van der Waals surface area contributed by atoms with Crippen LogP contribution in [0.15, 0.2) is 42.5 Å². The Labute approximate surface area is 114 Å². The van der Waals surface area contributed by atoms with E-state index >= 15 is 0 Å². The van der Waals surface area contributed by atoms with E-state index in [-0.39, 0.29) is 0 Å². The summed E-state index contributed by atoms with van der Waals surface area (Å²) in [5.41, 5.74) is 10.3. The van der Waals surface area contributed by atoms with Crippen LogP contribution in [0.1, 0.15) is 11.1 Å². The van der Waals surface area contributed by atoms with Gasteiger partial charge in [0.2, 0.25) is 0 Å². The van der Waals surface area contributed by atoms with E-state index in [0.717, 1.165) is 23.7 Å². The molecular weight excluding hydrogens is 236 g/mol.